The summed E-state index contributed by atoms with van der Waals surface area (Å²) in [6.07, 6.45) is 23.1. The molecule has 0 spiro atoms. The Balaban J connectivity index is 1.11. The van der Waals surface area contributed by atoms with Crippen molar-refractivity contribution in [3.63, 3.8) is 0 Å². The van der Waals surface area contributed by atoms with Gasteiger partial charge in [0.05, 0.1) is 0 Å². The molecule has 264 valence electrons. The number of allylic oxidation sites excluding steroid dienone is 4. The maximum absolute atomic E-state index is 2.83. The van der Waals surface area contributed by atoms with E-state index in [1.54, 1.807) is 50.1 Å². The fourth-order valence-electron chi connectivity index (χ4n) is 16.5. The minimum Gasteiger partial charge on any atom is -0.0605 e. The Morgan fingerprint density at radius 2 is 0.980 bits per heavy atom. The van der Waals surface area contributed by atoms with Crippen molar-refractivity contribution < 1.29 is 0 Å². The maximum Gasteiger partial charge on any atom is 0.0204 e. The summed E-state index contributed by atoms with van der Waals surface area (Å²) < 4.78 is 0. The Hall–Kier alpha value is -2.08. The van der Waals surface area contributed by atoms with Gasteiger partial charge in [-0.3, -0.25) is 0 Å². The molecule has 0 amide bonds. The molecule has 0 aromatic heterocycles. The van der Waals surface area contributed by atoms with Crippen LogP contribution in [0.5, 0.6) is 0 Å². The first-order valence-electron chi connectivity index (χ1n) is 21.5. The van der Waals surface area contributed by atoms with Gasteiger partial charge in [-0.1, -0.05) is 102 Å². The van der Waals surface area contributed by atoms with E-state index in [0.29, 0.717) is 22.7 Å². The molecule has 0 saturated heterocycles. The molecule has 11 aliphatic rings. The fraction of sp³-hybridized carbons (Fsp3) is 0.680. The number of hydrogen-bond acceptors (Lipinski definition) is 0. The van der Waals surface area contributed by atoms with Gasteiger partial charge >= 0.3 is 0 Å². The average molecular weight is 665 g/mol. The van der Waals surface area contributed by atoms with E-state index in [1.807, 2.05) is 0 Å². The first kappa shape index (κ1) is 31.4. The van der Waals surface area contributed by atoms with E-state index in [-0.39, 0.29) is 16.2 Å². The van der Waals surface area contributed by atoms with Crippen molar-refractivity contribution in [1.82, 2.24) is 0 Å². The maximum atomic E-state index is 2.83. The van der Waals surface area contributed by atoms with Crippen LogP contribution in [0.3, 0.4) is 0 Å². The summed E-state index contributed by atoms with van der Waals surface area (Å²) in [5.41, 5.74) is 16.6. The summed E-state index contributed by atoms with van der Waals surface area (Å²) in [4.78, 5) is 0. The molecule has 8 bridgehead atoms. The molecule has 2 unspecified atom stereocenters. The zero-order chi connectivity index (χ0) is 34.2. The summed E-state index contributed by atoms with van der Waals surface area (Å²) in [7, 11) is 0. The van der Waals surface area contributed by atoms with Crippen LogP contribution in [-0.2, 0) is 10.8 Å². The van der Waals surface area contributed by atoms with E-state index in [9.17, 15) is 0 Å². The standard InChI is InChI=1S/C50H64/c1-29-22-50(47(5,6)7,44-21-38(20-41(29)44)46(2,3)4)45-39-10-8-36(48-23-30-12-31(24-48)14-32(13-30)25-48)18-42(39)43-19-37(9-11-40(43)45)49-26-33-15-34(27-49)17-35(16-33)28-49/h8-11,18-19,21,29-35,45H,12-17,20,22-28H2,1-7H3. The SMILES string of the molecule is CC1CC(C2c3ccc(C45CC6CC(CC(C6)C4)C5)cc3-c3cc(C45CC6CC(CC(C6)C4)C5)ccc32)(C(C)(C)C)C2=C1CC(C(C)(C)C)=C2. The Bertz CT molecular complexity index is 1700. The van der Waals surface area contributed by atoms with Gasteiger partial charge in [-0.2, -0.15) is 0 Å². The van der Waals surface area contributed by atoms with Crippen LogP contribution in [0.4, 0.5) is 0 Å². The molecule has 50 heavy (non-hydrogen) atoms. The second kappa shape index (κ2) is 9.91. The third-order valence-electron chi connectivity index (χ3n) is 17.9. The number of rotatable bonds is 3. The van der Waals surface area contributed by atoms with Crippen LogP contribution in [0, 0.1) is 57.7 Å². The molecule has 2 atom stereocenters. The van der Waals surface area contributed by atoms with Crippen LogP contribution >= 0.6 is 0 Å². The van der Waals surface area contributed by atoms with E-state index in [2.05, 4.69) is 90.9 Å². The van der Waals surface area contributed by atoms with Crippen molar-refractivity contribution in [3.05, 3.63) is 81.4 Å². The number of benzene rings is 2. The Morgan fingerprint density at radius 1 is 0.560 bits per heavy atom. The molecule has 8 saturated carbocycles. The van der Waals surface area contributed by atoms with E-state index < -0.39 is 0 Å². The normalized spacial score (nSPS) is 43.5. The summed E-state index contributed by atoms with van der Waals surface area (Å²) in [5, 5.41) is 0. The number of fused-ring (bicyclic) bond motifs is 3. The molecule has 2 aromatic rings. The Labute approximate surface area is 304 Å². The van der Waals surface area contributed by atoms with Crippen LogP contribution in [0.25, 0.3) is 11.1 Å². The predicted molar refractivity (Wildman–Crippen MR) is 208 cm³/mol. The van der Waals surface area contributed by atoms with Crippen LogP contribution in [-0.4, -0.2) is 0 Å². The molecule has 8 fully saturated rings. The van der Waals surface area contributed by atoms with Crippen LogP contribution in [0.1, 0.15) is 167 Å². The van der Waals surface area contributed by atoms with Crippen molar-refractivity contribution in [1.29, 1.82) is 0 Å². The lowest BCUT2D eigenvalue weighted by Crippen LogP contribution is -2.48. The largest absolute Gasteiger partial charge is 0.0605 e. The van der Waals surface area contributed by atoms with Gasteiger partial charge in [-0.25, -0.2) is 0 Å². The highest BCUT2D eigenvalue weighted by Gasteiger charge is 2.60. The van der Waals surface area contributed by atoms with Crippen molar-refractivity contribution in [2.24, 2.45) is 57.7 Å². The topological polar surface area (TPSA) is 0 Å². The first-order valence-corrected chi connectivity index (χ1v) is 21.5. The van der Waals surface area contributed by atoms with E-state index in [4.69, 9.17) is 0 Å². The third kappa shape index (κ3) is 4.12. The van der Waals surface area contributed by atoms with E-state index in [0.717, 1.165) is 35.5 Å². The molecule has 0 aliphatic heterocycles. The molecule has 0 heteroatoms. The van der Waals surface area contributed by atoms with Gasteiger partial charge < -0.3 is 0 Å². The van der Waals surface area contributed by atoms with Crippen molar-refractivity contribution in [2.45, 2.75) is 155 Å². The molecule has 0 radical (unpaired) electrons. The van der Waals surface area contributed by atoms with Crippen LogP contribution < -0.4 is 0 Å². The lowest BCUT2D eigenvalue weighted by molar-refractivity contribution is -0.00534. The molecule has 0 nitrogen and oxygen atoms in total. The molecule has 2 aromatic carbocycles. The van der Waals surface area contributed by atoms with Crippen LogP contribution in [0.15, 0.2) is 59.2 Å². The first-order chi connectivity index (χ1) is 23.7. The monoisotopic (exact) mass is 665 g/mol. The van der Waals surface area contributed by atoms with Crippen molar-refractivity contribution >= 4 is 0 Å². The summed E-state index contributed by atoms with van der Waals surface area (Å²) in [5.74, 6) is 6.97. The van der Waals surface area contributed by atoms with Crippen molar-refractivity contribution in [2.75, 3.05) is 0 Å². The highest BCUT2D eigenvalue weighted by molar-refractivity contribution is 5.82. The van der Waals surface area contributed by atoms with Gasteiger partial charge in [0, 0.05) is 11.3 Å². The molecular weight excluding hydrogens is 601 g/mol. The zero-order valence-electron chi connectivity index (χ0n) is 32.6. The summed E-state index contributed by atoms with van der Waals surface area (Å²) >= 11 is 0. The highest BCUT2D eigenvalue weighted by Crippen LogP contribution is 2.71. The predicted octanol–water partition coefficient (Wildman–Crippen LogP) is 13.5. The van der Waals surface area contributed by atoms with Crippen LogP contribution in [0.2, 0.25) is 0 Å². The minimum absolute atomic E-state index is 0.0964. The van der Waals surface area contributed by atoms with Gasteiger partial charge in [0.2, 0.25) is 0 Å². The quantitative estimate of drug-likeness (QED) is 0.306. The molecule has 0 N–H and O–H groups in total. The van der Waals surface area contributed by atoms with Gasteiger partial charge in [0.1, 0.15) is 0 Å². The summed E-state index contributed by atoms with van der Waals surface area (Å²) in [6, 6.07) is 16.5. The molecule has 0 heterocycles. The molecule has 13 rings (SSSR count). The van der Waals surface area contributed by atoms with Gasteiger partial charge in [0.25, 0.3) is 0 Å². The van der Waals surface area contributed by atoms with E-state index >= 15 is 0 Å². The van der Waals surface area contributed by atoms with Crippen molar-refractivity contribution in [3.8, 4) is 11.1 Å². The highest BCUT2D eigenvalue weighted by atomic mass is 14.6. The summed E-state index contributed by atoms with van der Waals surface area (Å²) in [6.45, 7) is 17.7. The lowest BCUT2D eigenvalue weighted by atomic mass is 9.48. The number of hydrogen-bond donors (Lipinski definition) is 0. The molecule has 11 aliphatic carbocycles. The smallest absolute Gasteiger partial charge is 0.0204 e. The van der Waals surface area contributed by atoms with E-state index in [1.165, 1.54) is 89.9 Å². The third-order valence-corrected chi connectivity index (χ3v) is 17.9. The van der Waals surface area contributed by atoms with Gasteiger partial charge in [-0.15, -0.1) is 0 Å². The molecular formula is C50H64. The Morgan fingerprint density at radius 3 is 1.36 bits per heavy atom. The average Bonchev–Trinajstić information content (AvgIpc) is 3.70. The fourth-order valence-corrected chi connectivity index (χ4v) is 16.5. The second-order valence-electron chi connectivity index (χ2n) is 22.8. The van der Waals surface area contributed by atoms with Gasteiger partial charge in [-0.05, 0) is 192 Å². The minimum atomic E-state index is 0.0964. The zero-order valence-corrected chi connectivity index (χ0v) is 32.6. The second-order valence-corrected chi connectivity index (χ2v) is 22.8. The van der Waals surface area contributed by atoms with Gasteiger partial charge in [0.15, 0.2) is 0 Å². The lowest BCUT2D eigenvalue weighted by Gasteiger charge is -2.57. The Kier molecular flexibility index (Phi) is 6.23.